The molecule has 15 heavy (non-hydrogen) atoms. The summed E-state index contributed by atoms with van der Waals surface area (Å²) in [4.78, 5) is 23.8. The summed E-state index contributed by atoms with van der Waals surface area (Å²) in [5.41, 5.74) is 0. The molecule has 0 aliphatic heterocycles. The Morgan fingerprint density at radius 1 is 1.33 bits per heavy atom. The van der Waals surface area contributed by atoms with Crippen LogP contribution in [0.25, 0.3) is 0 Å². The van der Waals surface area contributed by atoms with E-state index in [9.17, 15) is 9.59 Å². The highest BCUT2D eigenvalue weighted by Crippen LogP contribution is 1.85. The first-order valence-corrected chi connectivity index (χ1v) is 5.22. The molecule has 0 aromatic carbocycles. The van der Waals surface area contributed by atoms with Crippen molar-refractivity contribution in [3.8, 4) is 0 Å². The fourth-order valence-corrected chi connectivity index (χ4v) is 0.930. The van der Waals surface area contributed by atoms with E-state index < -0.39 is 0 Å². The molecular formula is C10H20N2O3. The van der Waals surface area contributed by atoms with Gasteiger partial charge < -0.3 is 15.0 Å². The van der Waals surface area contributed by atoms with Crippen molar-refractivity contribution in [3.63, 3.8) is 0 Å². The fraction of sp³-hybridized carbons (Fsp3) is 0.800. The SMILES string of the molecule is CCOC(=O)CCNCC(=O)N(C)CC. The molecule has 0 aliphatic carbocycles. The molecule has 0 fully saturated rings. The maximum absolute atomic E-state index is 11.3. The van der Waals surface area contributed by atoms with E-state index >= 15 is 0 Å². The quantitative estimate of drug-likeness (QED) is 0.481. The summed E-state index contributed by atoms with van der Waals surface area (Å²) in [6.45, 7) is 5.52. The third-order valence-corrected chi connectivity index (χ3v) is 1.99. The van der Waals surface area contributed by atoms with E-state index in [0.29, 0.717) is 26.1 Å². The second-order valence-corrected chi connectivity index (χ2v) is 3.14. The Hall–Kier alpha value is -1.10. The minimum absolute atomic E-state index is 0.0290. The van der Waals surface area contributed by atoms with Gasteiger partial charge in [0.05, 0.1) is 19.6 Å². The van der Waals surface area contributed by atoms with Crippen LogP contribution < -0.4 is 5.32 Å². The van der Waals surface area contributed by atoms with Gasteiger partial charge in [0.15, 0.2) is 0 Å². The lowest BCUT2D eigenvalue weighted by molar-refractivity contribution is -0.143. The number of hydrogen-bond acceptors (Lipinski definition) is 4. The van der Waals surface area contributed by atoms with E-state index in [1.807, 2.05) is 6.92 Å². The minimum atomic E-state index is -0.235. The van der Waals surface area contributed by atoms with E-state index in [1.165, 1.54) is 0 Å². The molecule has 0 saturated carbocycles. The number of carbonyl (C=O) groups is 2. The van der Waals surface area contributed by atoms with E-state index in [2.05, 4.69) is 5.32 Å². The van der Waals surface area contributed by atoms with Gasteiger partial charge in [-0.25, -0.2) is 0 Å². The second-order valence-electron chi connectivity index (χ2n) is 3.14. The van der Waals surface area contributed by atoms with Crippen LogP contribution in [0.15, 0.2) is 0 Å². The van der Waals surface area contributed by atoms with Crippen LogP contribution in [0.1, 0.15) is 20.3 Å². The fourth-order valence-electron chi connectivity index (χ4n) is 0.930. The van der Waals surface area contributed by atoms with Crippen molar-refractivity contribution in [2.45, 2.75) is 20.3 Å². The van der Waals surface area contributed by atoms with Crippen LogP contribution in [-0.4, -0.2) is 50.1 Å². The zero-order valence-corrected chi connectivity index (χ0v) is 9.71. The summed E-state index contributed by atoms with van der Waals surface area (Å²) in [7, 11) is 1.75. The summed E-state index contributed by atoms with van der Waals surface area (Å²) < 4.78 is 4.74. The summed E-state index contributed by atoms with van der Waals surface area (Å²) in [6.07, 6.45) is 0.303. The Kier molecular flexibility index (Phi) is 7.62. The van der Waals surface area contributed by atoms with Crippen molar-refractivity contribution >= 4 is 11.9 Å². The van der Waals surface area contributed by atoms with E-state index in [-0.39, 0.29) is 18.4 Å². The topological polar surface area (TPSA) is 58.6 Å². The number of nitrogens with one attached hydrogen (secondary N) is 1. The van der Waals surface area contributed by atoms with Gasteiger partial charge in [0.2, 0.25) is 5.91 Å². The van der Waals surface area contributed by atoms with Gasteiger partial charge in [0, 0.05) is 20.1 Å². The van der Waals surface area contributed by atoms with Gasteiger partial charge in [-0.15, -0.1) is 0 Å². The summed E-state index contributed by atoms with van der Waals surface area (Å²) in [5, 5.41) is 2.90. The molecule has 1 N–H and O–H groups in total. The maximum Gasteiger partial charge on any atom is 0.307 e. The lowest BCUT2D eigenvalue weighted by atomic mass is 10.4. The number of ether oxygens (including phenoxy) is 1. The van der Waals surface area contributed by atoms with Crippen molar-refractivity contribution < 1.29 is 14.3 Å². The van der Waals surface area contributed by atoms with Gasteiger partial charge in [-0.05, 0) is 13.8 Å². The smallest absolute Gasteiger partial charge is 0.307 e. The third kappa shape index (κ3) is 6.90. The first-order valence-electron chi connectivity index (χ1n) is 5.22. The van der Waals surface area contributed by atoms with E-state index in [0.717, 1.165) is 0 Å². The van der Waals surface area contributed by atoms with Crippen LogP contribution >= 0.6 is 0 Å². The lowest BCUT2D eigenvalue weighted by Gasteiger charge is -2.14. The summed E-state index contributed by atoms with van der Waals surface area (Å²) in [5.74, 6) is -0.206. The molecule has 0 atom stereocenters. The Labute approximate surface area is 90.8 Å². The van der Waals surface area contributed by atoms with Crippen LogP contribution in [0.3, 0.4) is 0 Å². The Morgan fingerprint density at radius 2 is 2.00 bits per heavy atom. The van der Waals surface area contributed by atoms with Crippen molar-refractivity contribution in [2.24, 2.45) is 0 Å². The highest BCUT2D eigenvalue weighted by molar-refractivity contribution is 5.78. The number of carbonyl (C=O) groups excluding carboxylic acids is 2. The monoisotopic (exact) mass is 216 g/mol. The molecule has 5 nitrogen and oxygen atoms in total. The third-order valence-electron chi connectivity index (χ3n) is 1.99. The molecule has 0 aromatic rings. The number of nitrogens with zero attached hydrogens (tertiary/aromatic N) is 1. The number of amides is 1. The number of hydrogen-bond donors (Lipinski definition) is 1. The first kappa shape index (κ1) is 13.9. The molecule has 0 aliphatic rings. The van der Waals surface area contributed by atoms with Crippen molar-refractivity contribution in [2.75, 3.05) is 33.3 Å². The van der Waals surface area contributed by atoms with Gasteiger partial charge in [-0.3, -0.25) is 9.59 Å². The Bertz CT molecular complexity index is 207. The molecule has 0 saturated heterocycles. The normalized spacial score (nSPS) is 9.80. The van der Waals surface area contributed by atoms with Crippen LogP contribution in [-0.2, 0) is 14.3 Å². The number of esters is 1. The molecular weight excluding hydrogens is 196 g/mol. The molecule has 0 rings (SSSR count). The average Bonchev–Trinajstić information content (AvgIpc) is 2.23. The standard InChI is InChI=1S/C10H20N2O3/c1-4-12(3)9(13)8-11-7-6-10(14)15-5-2/h11H,4-8H2,1-3H3. The molecule has 0 unspecified atom stereocenters. The van der Waals surface area contributed by atoms with Gasteiger partial charge in [-0.2, -0.15) is 0 Å². The van der Waals surface area contributed by atoms with Gasteiger partial charge in [-0.1, -0.05) is 0 Å². The van der Waals surface area contributed by atoms with Crippen LogP contribution in [0.2, 0.25) is 0 Å². The largest absolute Gasteiger partial charge is 0.466 e. The van der Waals surface area contributed by atoms with Crippen LogP contribution in [0, 0.1) is 0 Å². The average molecular weight is 216 g/mol. The molecule has 0 heterocycles. The summed E-state index contributed by atoms with van der Waals surface area (Å²) in [6, 6.07) is 0. The van der Waals surface area contributed by atoms with Gasteiger partial charge in [0.25, 0.3) is 0 Å². The Morgan fingerprint density at radius 3 is 2.53 bits per heavy atom. The zero-order chi connectivity index (χ0) is 11.7. The molecule has 88 valence electrons. The van der Waals surface area contributed by atoms with Crippen molar-refractivity contribution in [3.05, 3.63) is 0 Å². The van der Waals surface area contributed by atoms with E-state index in [4.69, 9.17) is 4.74 Å². The van der Waals surface area contributed by atoms with E-state index in [1.54, 1.807) is 18.9 Å². The van der Waals surface area contributed by atoms with Gasteiger partial charge >= 0.3 is 5.97 Å². The first-order chi connectivity index (χ1) is 7.11. The molecule has 0 aromatic heterocycles. The van der Waals surface area contributed by atoms with Crippen molar-refractivity contribution in [1.29, 1.82) is 0 Å². The predicted octanol–water partition coefficient (Wildman–Crippen LogP) is 0.00750. The lowest BCUT2D eigenvalue weighted by Crippen LogP contribution is -2.36. The Balaban J connectivity index is 3.46. The number of rotatable bonds is 7. The van der Waals surface area contributed by atoms with Gasteiger partial charge in [0.1, 0.15) is 0 Å². The van der Waals surface area contributed by atoms with Crippen LogP contribution in [0.5, 0.6) is 0 Å². The number of likely N-dealkylation sites (N-methyl/N-ethyl adjacent to an activating group) is 1. The van der Waals surface area contributed by atoms with Crippen LogP contribution in [0.4, 0.5) is 0 Å². The molecule has 0 spiro atoms. The highest BCUT2D eigenvalue weighted by atomic mass is 16.5. The maximum atomic E-state index is 11.3. The van der Waals surface area contributed by atoms with Crippen molar-refractivity contribution in [1.82, 2.24) is 10.2 Å². The predicted molar refractivity (Wildman–Crippen MR) is 57.4 cm³/mol. The molecule has 1 amide bonds. The highest BCUT2D eigenvalue weighted by Gasteiger charge is 2.06. The molecule has 5 heteroatoms. The summed E-state index contributed by atoms with van der Waals surface area (Å²) >= 11 is 0. The minimum Gasteiger partial charge on any atom is -0.466 e. The second kappa shape index (κ2) is 8.23. The molecule has 0 bridgehead atoms. The molecule has 0 radical (unpaired) electrons. The zero-order valence-electron chi connectivity index (χ0n) is 9.71.